The van der Waals surface area contributed by atoms with Crippen LogP contribution in [-0.4, -0.2) is 16.6 Å². The van der Waals surface area contributed by atoms with Crippen LogP contribution in [0.15, 0.2) is 49.6 Å². The van der Waals surface area contributed by atoms with Crippen molar-refractivity contribution >= 4 is 16.6 Å². The van der Waals surface area contributed by atoms with Crippen LogP contribution in [0.4, 0.5) is 8.78 Å². The lowest BCUT2D eigenvalue weighted by Crippen LogP contribution is -2.37. The monoisotopic (exact) mass is 518 g/mol. The Morgan fingerprint density at radius 3 is 1.34 bits per heavy atom. The van der Waals surface area contributed by atoms with E-state index in [4.69, 9.17) is 13.6 Å². The van der Waals surface area contributed by atoms with Crippen LogP contribution >= 0.6 is 0 Å². The normalized spacial score (nSPS) is 12.1. The van der Waals surface area contributed by atoms with Gasteiger partial charge in [0.25, 0.3) is 0 Å². The first kappa shape index (κ1) is 28.8. The molecule has 35 heavy (non-hydrogen) atoms. The Morgan fingerprint density at radius 1 is 0.714 bits per heavy atom. The van der Waals surface area contributed by atoms with Crippen molar-refractivity contribution in [2.75, 3.05) is 0 Å². The Kier molecular flexibility index (Phi) is 9.53. The summed E-state index contributed by atoms with van der Waals surface area (Å²) in [4.78, 5) is 0. The van der Waals surface area contributed by atoms with Crippen LogP contribution in [0.3, 0.4) is 0 Å². The molecular weight excluding hydrogens is 478 g/mol. The van der Waals surface area contributed by atoms with E-state index in [1.807, 2.05) is 0 Å². The largest absolute Gasteiger partial charge is 0.544 e. The topological polar surface area (TPSA) is 27.7 Å². The van der Waals surface area contributed by atoms with Crippen molar-refractivity contribution in [1.82, 2.24) is 0 Å². The minimum absolute atomic E-state index is 0.0890. The third kappa shape index (κ3) is 7.30. The maximum absolute atomic E-state index is 15.4. The van der Waals surface area contributed by atoms with E-state index in [0.29, 0.717) is 46.5 Å². The van der Waals surface area contributed by atoms with Gasteiger partial charge in [-0.1, -0.05) is 39.8 Å². The molecule has 192 valence electrons. The predicted molar refractivity (Wildman–Crippen MR) is 147 cm³/mol. The van der Waals surface area contributed by atoms with Gasteiger partial charge in [-0.25, -0.2) is 8.78 Å². The van der Waals surface area contributed by atoms with E-state index >= 15 is 8.78 Å². The van der Waals surface area contributed by atoms with E-state index < -0.39 is 28.3 Å². The van der Waals surface area contributed by atoms with Gasteiger partial charge in [-0.2, -0.15) is 0 Å². The highest BCUT2D eigenvalue weighted by molar-refractivity contribution is 6.73. The molecule has 0 aliphatic carbocycles. The quantitative estimate of drug-likeness (QED) is 0.207. The van der Waals surface area contributed by atoms with Gasteiger partial charge in [-0.05, 0) is 73.4 Å². The maximum atomic E-state index is 15.4. The Bertz CT molecular complexity index is 979. The lowest BCUT2D eigenvalue weighted by molar-refractivity contribution is 0.403. The summed E-state index contributed by atoms with van der Waals surface area (Å²) in [6.45, 7) is 24.3. The fourth-order valence-electron chi connectivity index (χ4n) is 3.09. The molecule has 0 saturated carbocycles. The molecule has 0 aliphatic heterocycles. The summed E-state index contributed by atoms with van der Waals surface area (Å²) < 4.78 is 49.3. The Morgan fingerprint density at radius 2 is 1.06 bits per heavy atom. The molecule has 0 heterocycles. The Hall–Kier alpha value is -2.39. The number of hydrogen-bond acceptors (Lipinski definition) is 3. The van der Waals surface area contributed by atoms with Gasteiger partial charge in [0.15, 0.2) is 23.1 Å². The molecule has 0 fully saturated rings. The van der Waals surface area contributed by atoms with E-state index in [1.54, 1.807) is 24.3 Å². The Balaban J connectivity index is 2.59. The first-order chi connectivity index (χ1) is 16.2. The van der Waals surface area contributed by atoms with Crippen LogP contribution < -0.4 is 13.6 Å². The number of allylic oxidation sites excluding steroid dienone is 2. The van der Waals surface area contributed by atoms with Crippen LogP contribution in [0, 0.1) is 11.6 Å². The summed E-state index contributed by atoms with van der Waals surface area (Å²) in [7, 11) is -4.16. The Labute approximate surface area is 212 Å². The van der Waals surface area contributed by atoms with Crippen LogP contribution in [0.1, 0.15) is 38.8 Å². The first-order valence-corrected chi connectivity index (χ1v) is 18.1. The minimum Gasteiger partial charge on any atom is -0.544 e. The molecule has 2 rings (SSSR count). The van der Waals surface area contributed by atoms with Gasteiger partial charge in [0.2, 0.25) is 16.6 Å². The van der Waals surface area contributed by atoms with Gasteiger partial charge in [-0.3, -0.25) is 0 Å². The molecule has 2 aromatic carbocycles. The van der Waals surface area contributed by atoms with Crippen molar-refractivity contribution in [3.63, 3.8) is 0 Å². The second kappa shape index (κ2) is 11.6. The molecular formula is C28H40F2O3Si2. The smallest absolute Gasteiger partial charge is 0.247 e. The zero-order valence-electron chi connectivity index (χ0n) is 22.4. The fourth-order valence-corrected chi connectivity index (χ4v) is 5.01. The summed E-state index contributed by atoms with van der Waals surface area (Å²) in [5.41, 5.74) is 1.46. The van der Waals surface area contributed by atoms with Crippen LogP contribution in [0.5, 0.6) is 23.0 Å². The van der Waals surface area contributed by atoms with Crippen molar-refractivity contribution < 1.29 is 22.4 Å². The highest BCUT2D eigenvalue weighted by Gasteiger charge is 2.31. The highest BCUT2D eigenvalue weighted by Crippen LogP contribution is 2.38. The molecule has 0 N–H and O–H groups in total. The van der Waals surface area contributed by atoms with Gasteiger partial charge in [0.05, 0.1) is 0 Å². The number of halogens is 2. The van der Waals surface area contributed by atoms with Gasteiger partial charge in [-0.15, -0.1) is 13.2 Å². The molecule has 3 nitrogen and oxygen atoms in total. The number of ether oxygens (including phenoxy) is 1. The molecule has 0 atom stereocenters. The summed E-state index contributed by atoms with van der Waals surface area (Å²) in [6, 6.07) is 6.37. The first-order valence-electron chi connectivity index (χ1n) is 12.1. The van der Waals surface area contributed by atoms with Gasteiger partial charge < -0.3 is 13.6 Å². The molecule has 0 bridgehead atoms. The number of benzene rings is 2. The molecule has 0 spiro atoms. The van der Waals surface area contributed by atoms with E-state index in [9.17, 15) is 0 Å². The molecule has 0 amide bonds. The molecule has 0 radical (unpaired) electrons. The molecule has 0 aliphatic rings. The average Bonchev–Trinajstić information content (AvgIpc) is 2.74. The van der Waals surface area contributed by atoms with E-state index in [0.717, 1.165) is 0 Å². The summed E-state index contributed by atoms with van der Waals surface area (Å²) in [5, 5.41) is 0. The minimum atomic E-state index is -2.08. The highest BCUT2D eigenvalue weighted by atomic mass is 28.4. The van der Waals surface area contributed by atoms with Crippen molar-refractivity contribution in [1.29, 1.82) is 0 Å². The molecule has 0 aromatic heterocycles. The predicted octanol–water partition coefficient (Wildman–Crippen LogP) is 9.20. The van der Waals surface area contributed by atoms with E-state index in [-0.39, 0.29) is 11.5 Å². The molecule has 0 saturated heterocycles. The van der Waals surface area contributed by atoms with E-state index in [2.05, 4.69) is 67.0 Å². The van der Waals surface area contributed by atoms with Crippen molar-refractivity contribution in [2.24, 2.45) is 0 Å². The summed E-state index contributed by atoms with van der Waals surface area (Å²) >= 11 is 0. The number of rotatable bonds is 12. The lowest BCUT2D eigenvalue weighted by atomic mass is 10.1. The fraction of sp³-hybridized carbons (Fsp3) is 0.429. The van der Waals surface area contributed by atoms with E-state index in [1.165, 1.54) is 12.1 Å². The van der Waals surface area contributed by atoms with Crippen molar-refractivity contribution in [3.8, 4) is 23.0 Å². The summed E-state index contributed by atoms with van der Waals surface area (Å²) in [6.07, 6.45) is 3.83. The van der Waals surface area contributed by atoms with Crippen LogP contribution in [-0.2, 0) is 12.8 Å². The summed E-state index contributed by atoms with van der Waals surface area (Å²) in [5.74, 6) is -0.279. The number of hydrogen-bond donors (Lipinski definition) is 0. The van der Waals surface area contributed by atoms with Crippen LogP contribution in [0.25, 0.3) is 0 Å². The molecule has 7 heteroatoms. The SMILES string of the molecule is C=CCc1cc(O[Si](C)(C)C(C)C)cc(Oc2cc(O[Si](C)(C)C(C)C)cc(CC=C)c2F)c1F. The zero-order chi connectivity index (χ0) is 26.6. The molecule has 2 aromatic rings. The molecule has 0 unspecified atom stereocenters. The van der Waals surface area contributed by atoms with Gasteiger partial charge in [0, 0.05) is 12.1 Å². The zero-order valence-corrected chi connectivity index (χ0v) is 24.4. The van der Waals surface area contributed by atoms with Crippen molar-refractivity contribution in [2.45, 2.75) is 77.8 Å². The van der Waals surface area contributed by atoms with Gasteiger partial charge in [0.1, 0.15) is 11.5 Å². The second-order valence-corrected chi connectivity index (χ2v) is 19.7. The third-order valence-corrected chi connectivity index (χ3v) is 13.8. The standard InChI is InChI=1S/C28H40F2O3Si2/c1-11-13-21-15-23(32-34(7,8)19(3)4)17-25(27(21)29)31-26-18-24(33-35(9,10)20(5)6)16-22(14-12-2)28(26)30/h11-12,15-20H,1-2,13-14H2,3-10H3. The third-order valence-electron chi connectivity index (χ3n) is 6.67. The average molecular weight is 519 g/mol. The maximum Gasteiger partial charge on any atom is 0.247 e. The lowest BCUT2D eigenvalue weighted by Gasteiger charge is -2.29. The van der Waals surface area contributed by atoms with Crippen molar-refractivity contribution in [3.05, 3.63) is 72.3 Å². The van der Waals surface area contributed by atoms with Crippen LogP contribution in [0.2, 0.25) is 37.3 Å². The second-order valence-electron chi connectivity index (χ2n) is 10.6. The van der Waals surface area contributed by atoms with Gasteiger partial charge >= 0.3 is 0 Å².